The van der Waals surface area contributed by atoms with Crippen LogP contribution in [0.25, 0.3) is 0 Å². The average molecular weight is 168 g/mol. The molecule has 0 radical (unpaired) electrons. The molecule has 0 heterocycles. The summed E-state index contributed by atoms with van der Waals surface area (Å²) < 4.78 is 0. The van der Waals surface area contributed by atoms with E-state index in [0.717, 1.165) is 0 Å². The van der Waals surface area contributed by atoms with E-state index in [0.29, 0.717) is 0 Å². The molecule has 0 bridgehead atoms. The van der Waals surface area contributed by atoms with E-state index < -0.39 is 0 Å². The quantitative estimate of drug-likeness (QED) is 0.554. The van der Waals surface area contributed by atoms with Gasteiger partial charge in [0.1, 0.15) is 0 Å². The molecule has 0 spiro atoms. The highest BCUT2D eigenvalue weighted by Crippen LogP contribution is 0.790. The molecule has 0 aliphatic heterocycles. The van der Waals surface area contributed by atoms with Crippen LogP contribution in [0.5, 0.6) is 0 Å². The summed E-state index contributed by atoms with van der Waals surface area (Å²) in [5.74, 6) is 0. The second kappa shape index (κ2) is 913. The van der Waals surface area contributed by atoms with Crippen LogP contribution >= 0.6 is 0 Å². The Kier molecular flexibility index (Phi) is 8160. The smallest absolute Gasteiger partial charge is 0.186 e. The Labute approximate surface area is 69.6 Å². The highest BCUT2D eigenvalue weighted by molar-refractivity contribution is 5.20. The summed E-state index contributed by atoms with van der Waals surface area (Å²) in [7, 11) is 0. The third kappa shape index (κ3) is 260. The standard InChI is InChI=1S/2CO2.5CH4/c2*2-1-3;;;;;/h;;5*1H4. The van der Waals surface area contributed by atoms with Gasteiger partial charge in [-0.05, 0) is 0 Å². The number of hydrogen-bond acceptors (Lipinski definition) is 4. The first-order valence-corrected chi connectivity index (χ1v) is 0.816. The van der Waals surface area contributed by atoms with Crippen LogP contribution in [-0.2, 0) is 19.2 Å². The zero-order valence-electron chi connectivity index (χ0n) is 2.63. The summed E-state index contributed by atoms with van der Waals surface area (Å²) in [5, 5.41) is 0. The topological polar surface area (TPSA) is 68.3 Å². The first kappa shape index (κ1) is 98.3. The third-order valence-corrected chi connectivity index (χ3v) is 0. The lowest BCUT2D eigenvalue weighted by molar-refractivity contribution is -0.193. The summed E-state index contributed by atoms with van der Waals surface area (Å²) in [6, 6.07) is 0. The summed E-state index contributed by atoms with van der Waals surface area (Å²) in [5.41, 5.74) is 0. The van der Waals surface area contributed by atoms with Gasteiger partial charge in [0.2, 0.25) is 0 Å². The first-order valence-electron chi connectivity index (χ1n) is 0.816. The molecule has 0 aromatic rings. The SMILES string of the molecule is C.C.C.C.C.O=C=O.O=C=O. The van der Waals surface area contributed by atoms with Gasteiger partial charge in [0.05, 0.1) is 0 Å². The van der Waals surface area contributed by atoms with Crippen LogP contribution in [0.4, 0.5) is 0 Å². The van der Waals surface area contributed by atoms with Crippen LogP contribution in [0.1, 0.15) is 37.1 Å². The van der Waals surface area contributed by atoms with E-state index >= 15 is 0 Å². The van der Waals surface area contributed by atoms with E-state index in [1.165, 1.54) is 0 Å². The molecule has 0 N–H and O–H groups in total. The Morgan fingerprint density at radius 2 is 0.455 bits per heavy atom. The maximum Gasteiger partial charge on any atom is 0.373 e. The van der Waals surface area contributed by atoms with Gasteiger partial charge >= 0.3 is 12.3 Å². The number of rotatable bonds is 0. The zero-order valence-corrected chi connectivity index (χ0v) is 2.63. The van der Waals surface area contributed by atoms with Crippen molar-refractivity contribution in [2.75, 3.05) is 0 Å². The average Bonchev–Trinajstić information content (AvgIpc) is 1.39. The van der Waals surface area contributed by atoms with Gasteiger partial charge < -0.3 is 0 Å². The Morgan fingerprint density at radius 1 is 0.455 bits per heavy atom. The molecule has 4 nitrogen and oxygen atoms in total. The lowest BCUT2D eigenvalue weighted by Gasteiger charge is -0.945. The highest BCUT2D eigenvalue weighted by Gasteiger charge is 1.13. The fourth-order valence-corrected chi connectivity index (χ4v) is 0. The van der Waals surface area contributed by atoms with Crippen molar-refractivity contribution in [3.63, 3.8) is 0 Å². The molecule has 72 valence electrons. The lowest BCUT2D eigenvalue weighted by atomic mass is 11.8. The van der Waals surface area contributed by atoms with E-state index in [1.807, 2.05) is 0 Å². The van der Waals surface area contributed by atoms with Crippen molar-refractivity contribution in [3.8, 4) is 0 Å². The van der Waals surface area contributed by atoms with Crippen LogP contribution in [0, 0.1) is 0 Å². The summed E-state index contributed by atoms with van der Waals surface area (Å²) in [4.78, 5) is 32.5. The fourth-order valence-electron chi connectivity index (χ4n) is 0. The minimum Gasteiger partial charge on any atom is -0.186 e. The monoisotopic (exact) mass is 168 g/mol. The molecule has 0 rings (SSSR count). The molecule has 11 heavy (non-hydrogen) atoms. The van der Waals surface area contributed by atoms with Crippen molar-refractivity contribution in [3.05, 3.63) is 0 Å². The van der Waals surface area contributed by atoms with E-state index in [-0.39, 0.29) is 49.4 Å². The Hall–Kier alpha value is -1.24. The maximum absolute atomic E-state index is 8.12. The van der Waals surface area contributed by atoms with Crippen LogP contribution in [0.15, 0.2) is 0 Å². The molecule has 0 saturated heterocycles. The number of hydrogen-bond donors (Lipinski definition) is 0. The fraction of sp³-hybridized carbons (Fsp3) is 0.714. The second-order valence-corrected chi connectivity index (χ2v) is 0.167. The van der Waals surface area contributed by atoms with Gasteiger partial charge in [-0.3, -0.25) is 0 Å². The molecule has 0 unspecified atom stereocenters. The summed E-state index contributed by atoms with van der Waals surface area (Å²) >= 11 is 0. The van der Waals surface area contributed by atoms with Crippen LogP contribution in [0.2, 0.25) is 0 Å². The zero-order chi connectivity index (χ0) is 5.41. The van der Waals surface area contributed by atoms with E-state index in [4.69, 9.17) is 19.2 Å². The lowest BCUT2D eigenvalue weighted by Crippen LogP contribution is -1.22. The van der Waals surface area contributed by atoms with E-state index in [1.54, 1.807) is 0 Å². The minimum absolute atomic E-state index is 0. The predicted octanol–water partition coefficient (Wildman–Crippen LogP) is 2.01. The Balaban J connectivity index is -0.00000000400. The summed E-state index contributed by atoms with van der Waals surface area (Å²) in [6.45, 7) is 0. The molecule has 0 aliphatic carbocycles. The molecule has 0 aromatic carbocycles. The largest absolute Gasteiger partial charge is 0.373 e. The highest BCUT2D eigenvalue weighted by atomic mass is 16.2. The normalized spacial score (nSPS) is 1.45. The van der Waals surface area contributed by atoms with Gasteiger partial charge in [0.15, 0.2) is 0 Å². The van der Waals surface area contributed by atoms with Crippen molar-refractivity contribution in [2.24, 2.45) is 0 Å². The van der Waals surface area contributed by atoms with E-state index in [9.17, 15) is 0 Å². The van der Waals surface area contributed by atoms with Gasteiger partial charge in [-0.1, -0.05) is 37.1 Å². The van der Waals surface area contributed by atoms with Crippen LogP contribution in [0.3, 0.4) is 0 Å². The molecule has 0 aliphatic rings. The van der Waals surface area contributed by atoms with Crippen molar-refractivity contribution < 1.29 is 19.2 Å². The van der Waals surface area contributed by atoms with Crippen molar-refractivity contribution in [1.82, 2.24) is 0 Å². The molecule has 0 aromatic heterocycles. The molecule has 0 atom stereocenters. The summed E-state index contributed by atoms with van der Waals surface area (Å²) in [6.07, 6.45) is 0.500. The molecule has 0 saturated carbocycles. The van der Waals surface area contributed by atoms with Gasteiger partial charge in [-0.2, -0.15) is 19.2 Å². The van der Waals surface area contributed by atoms with Gasteiger partial charge in [-0.25, -0.2) is 0 Å². The molecule has 0 amide bonds. The molecular formula is C7H20O4. The molecule has 4 heteroatoms. The first-order chi connectivity index (χ1) is 2.83. The predicted molar refractivity (Wildman–Crippen MR) is 43.7 cm³/mol. The van der Waals surface area contributed by atoms with Crippen LogP contribution < -0.4 is 0 Å². The van der Waals surface area contributed by atoms with Crippen molar-refractivity contribution in [2.45, 2.75) is 37.1 Å². The third-order valence-electron chi connectivity index (χ3n) is 0. The van der Waals surface area contributed by atoms with Gasteiger partial charge in [-0.15, -0.1) is 0 Å². The van der Waals surface area contributed by atoms with Crippen molar-refractivity contribution in [1.29, 1.82) is 0 Å². The van der Waals surface area contributed by atoms with Gasteiger partial charge in [0, 0.05) is 0 Å². The second-order valence-electron chi connectivity index (χ2n) is 0.167. The number of carbonyl (C=O) groups excluding carboxylic acids is 4. The van der Waals surface area contributed by atoms with Gasteiger partial charge in [0.25, 0.3) is 0 Å². The van der Waals surface area contributed by atoms with Crippen LogP contribution in [-0.4, -0.2) is 12.3 Å². The maximum atomic E-state index is 8.12. The molecule has 0 fully saturated rings. The minimum atomic E-state index is 0. The molecular weight excluding hydrogens is 148 g/mol. The Morgan fingerprint density at radius 3 is 0.455 bits per heavy atom. The Bertz CT molecular complexity index is 64.4. The van der Waals surface area contributed by atoms with E-state index in [2.05, 4.69) is 0 Å². The van der Waals surface area contributed by atoms with Crippen molar-refractivity contribution >= 4 is 12.3 Å².